The maximum absolute atomic E-state index is 12.6. The molecule has 2 rings (SSSR count). The van der Waals surface area contributed by atoms with Crippen molar-refractivity contribution in [3.63, 3.8) is 0 Å². The van der Waals surface area contributed by atoms with Gasteiger partial charge in [-0.25, -0.2) is 4.52 Å². The summed E-state index contributed by atoms with van der Waals surface area (Å²) >= 11 is 0. The number of hydrogen-bond donors (Lipinski definition) is 1. The number of fused-ring (bicyclic) bond motifs is 1. The third-order valence-electron chi connectivity index (χ3n) is 1.70. The lowest BCUT2D eigenvalue weighted by Gasteiger charge is -1.98. The van der Waals surface area contributed by atoms with Crippen molar-refractivity contribution in [3.8, 4) is 0 Å². The first kappa shape index (κ1) is 10.4. The molecular weight excluding hydrogens is 183 g/mol. The lowest BCUT2D eigenvalue weighted by molar-refractivity contribution is 0.512. The van der Waals surface area contributed by atoms with Crippen molar-refractivity contribution >= 4 is 11.3 Å². The fourth-order valence-corrected chi connectivity index (χ4v) is 1.12. The highest BCUT2D eigenvalue weighted by molar-refractivity contribution is 5.65. The molecule has 5 heteroatoms. The van der Waals surface area contributed by atoms with Gasteiger partial charge in [-0.15, -0.1) is 5.10 Å². The van der Waals surface area contributed by atoms with E-state index >= 15 is 0 Å². The number of aryl methyl sites for hydroxylation is 1. The molecule has 2 aromatic heterocycles. The van der Waals surface area contributed by atoms with E-state index in [9.17, 15) is 4.39 Å². The molecule has 0 saturated heterocycles. The average Bonchev–Trinajstić information content (AvgIpc) is 2.52. The Bertz CT molecular complexity index is 436. The summed E-state index contributed by atoms with van der Waals surface area (Å²) in [7, 11) is 0. The van der Waals surface area contributed by atoms with E-state index < -0.39 is 6.08 Å². The number of nitrogens with two attached hydrogens (primary N) is 1. The molecule has 2 N–H and O–H groups in total. The molecule has 0 saturated carbocycles. The Kier molecular flexibility index (Phi) is 3.01. The number of hydrogen-bond acceptors (Lipinski definition) is 3. The number of anilines is 1. The van der Waals surface area contributed by atoms with E-state index in [0.717, 1.165) is 5.69 Å². The lowest BCUT2D eigenvalue weighted by atomic mass is 10.5. The molecule has 0 spiro atoms. The van der Waals surface area contributed by atoms with Gasteiger partial charge in [0.15, 0.2) is 5.82 Å². The van der Waals surface area contributed by atoms with Crippen molar-refractivity contribution in [2.75, 3.05) is 5.73 Å². The van der Waals surface area contributed by atoms with Crippen LogP contribution in [0.5, 0.6) is 0 Å². The van der Waals surface area contributed by atoms with Crippen LogP contribution in [0.2, 0.25) is 0 Å². The molecule has 0 aliphatic carbocycles. The first-order chi connectivity index (χ1) is 6.68. The second-order valence-electron chi connectivity index (χ2n) is 2.54. The topological polar surface area (TPSA) is 56.2 Å². The summed E-state index contributed by atoms with van der Waals surface area (Å²) in [6, 6.07) is 3.56. The molecule has 2 heterocycles. The summed E-state index contributed by atoms with van der Waals surface area (Å²) < 4.78 is 14.1. The van der Waals surface area contributed by atoms with Gasteiger partial charge in [0.25, 0.3) is 0 Å². The van der Waals surface area contributed by atoms with E-state index in [1.807, 2.05) is 20.8 Å². The van der Waals surface area contributed by atoms with Crippen LogP contribution < -0.4 is 5.73 Å². The Morgan fingerprint density at radius 3 is 2.64 bits per heavy atom. The zero-order chi connectivity index (χ0) is 10.7. The van der Waals surface area contributed by atoms with Crippen LogP contribution >= 0.6 is 0 Å². The second-order valence-corrected chi connectivity index (χ2v) is 2.54. The van der Waals surface area contributed by atoms with E-state index in [1.54, 1.807) is 12.1 Å². The standard InChI is InChI=1S/C7H7FN4.C2H6/c1-4-2-3-5-6(9)10-7(8)11-12(4)5;1-2/h2-3H,1H3,(H2,9,10,11);1-2H3. The Hall–Kier alpha value is -1.65. The average molecular weight is 196 g/mol. The van der Waals surface area contributed by atoms with E-state index in [-0.39, 0.29) is 5.82 Å². The summed E-state index contributed by atoms with van der Waals surface area (Å²) in [4.78, 5) is 3.39. The predicted octanol–water partition coefficient (Wildman–Crippen LogP) is 1.79. The van der Waals surface area contributed by atoms with Crippen molar-refractivity contribution in [2.45, 2.75) is 20.8 Å². The van der Waals surface area contributed by atoms with Crippen LogP contribution in [0.3, 0.4) is 0 Å². The van der Waals surface area contributed by atoms with Gasteiger partial charge in [-0.05, 0) is 19.1 Å². The summed E-state index contributed by atoms with van der Waals surface area (Å²) in [5.41, 5.74) is 6.92. The van der Waals surface area contributed by atoms with Gasteiger partial charge in [-0.2, -0.15) is 9.37 Å². The molecule has 2 aromatic rings. The smallest absolute Gasteiger partial charge is 0.327 e. The van der Waals surface area contributed by atoms with Crippen molar-refractivity contribution in [3.05, 3.63) is 23.9 Å². The summed E-state index contributed by atoms with van der Waals surface area (Å²) in [5.74, 6) is 0.163. The lowest BCUT2D eigenvalue weighted by Crippen LogP contribution is -2.04. The van der Waals surface area contributed by atoms with E-state index in [0.29, 0.717) is 5.52 Å². The molecule has 0 aliphatic heterocycles. The van der Waals surface area contributed by atoms with Crippen LogP contribution in [0.25, 0.3) is 5.52 Å². The first-order valence-electron chi connectivity index (χ1n) is 4.46. The quantitative estimate of drug-likeness (QED) is 0.698. The molecule has 0 amide bonds. The van der Waals surface area contributed by atoms with Crippen molar-refractivity contribution in [2.24, 2.45) is 0 Å². The second kappa shape index (κ2) is 4.04. The van der Waals surface area contributed by atoms with Gasteiger partial charge in [0, 0.05) is 5.69 Å². The Balaban J connectivity index is 0.000000461. The van der Waals surface area contributed by atoms with E-state index in [2.05, 4.69) is 10.1 Å². The molecule has 4 nitrogen and oxygen atoms in total. The maximum atomic E-state index is 12.6. The summed E-state index contributed by atoms with van der Waals surface area (Å²) in [6.07, 6.45) is -0.806. The van der Waals surface area contributed by atoms with Gasteiger partial charge in [-0.3, -0.25) is 0 Å². The number of nitrogens with zero attached hydrogens (tertiary/aromatic N) is 3. The number of nitrogen functional groups attached to an aromatic ring is 1. The molecule has 0 aliphatic rings. The summed E-state index contributed by atoms with van der Waals surface area (Å²) in [5, 5.41) is 3.55. The normalized spacial score (nSPS) is 9.71. The van der Waals surface area contributed by atoms with Gasteiger partial charge in [-0.1, -0.05) is 13.8 Å². The first-order valence-corrected chi connectivity index (χ1v) is 4.46. The van der Waals surface area contributed by atoms with Gasteiger partial charge < -0.3 is 5.73 Å². The SMILES string of the molecule is CC.Cc1ccc2c(N)nc(F)nn12. The third kappa shape index (κ3) is 1.66. The monoisotopic (exact) mass is 196 g/mol. The van der Waals surface area contributed by atoms with Crippen LogP contribution in [-0.2, 0) is 0 Å². The van der Waals surface area contributed by atoms with Crippen LogP contribution in [0.1, 0.15) is 19.5 Å². The minimum atomic E-state index is -0.806. The molecule has 0 fully saturated rings. The fraction of sp³-hybridized carbons (Fsp3) is 0.333. The Labute approximate surface area is 81.6 Å². The highest BCUT2D eigenvalue weighted by Crippen LogP contribution is 2.12. The van der Waals surface area contributed by atoms with E-state index in [1.165, 1.54) is 4.52 Å². The predicted molar refractivity (Wildman–Crippen MR) is 53.4 cm³/mol. The molecule has 14 heavy (non-hydrogen) atoms. The molecular formula is C9H13FN4. The molecule has 0 atom stereocenters. The molecule has 0 aromatic carbocycles. The molecule has 0 unspecified atom stereocenters. The van der Waals surface area contributed by atoms with Crippen LogP contribution in [0.15, 0.2) is 12.1 Å². The van der Waals surface area contributed by atoms with Gasteiger partial charge in [0.1, 0.15) is 5.52 Å². The zero-order valence-electron chi connectivity index (χ0n) is 8.45. The van der Waals surface area contributed by atoms with Crippen molar-refractivity contribution in [1.29, 1.82) is 0 Å². The van der Waals surface area contributed by atoms with Crippen molar-refractivity contribution < 1.29 is 4.39 Å². The highest BCUT2D eigenvalue weighted by atomic mass is 19.1. The maximum Gasteiger partial charge on any atom is 0.327 e. The van der Waals surface area contributed by atoms with Gasteiger partial charge in [0.05, 0.1) is 0 Å². The van der Waals surface area contributed by atoms with E-state index in [4.69, 9.17) is 5.73 Å². The highest BCUT2D eigenvalue weighted by Gasteiger charge is 2.05. The molecule has 0 bridgehead atoms. The Morgan fingerprint density at radius 2 is 2.00 bits per heavy atom. The number of aromatic nitrogens is 3. The largest absolute Gasteiger partial charge is 0.382 e. The molecule has 0 radical (unpaired) electrons. The minimum Gasteiger partial charge on any atom is -0.382 e. The fourth-order valence-electron chi connectivity index (χ4n) is 1.12. The van der Waals surface area contributed by atoms with Crippen LogP contribution in [0.4, 0.5) is 10.2 Å². The molecule has 76 valence electrons. The summed E-state index contributed by atoms with van der Waals surface area (Å²) in [6.45, 7) is 5.82. The number of halogens is 1. The zero-order valence-corrected chi connectivity index (χ0v) is 8.45. The number of rotatable bonds is 0. The van der Waals surface area contributed by atoms with Gasteiger partial charge >= 0.3 is 6.08 Å². The van der Waals surface area contributed by atoms with Gasteiger partial charge in [0.2, 0.25) is 0 Å². The van der Waals surface area contributed by atoms with Crippen LogP contribution in [0, 0.1) is 13.0 Å². The third-order valence-corrected chi connectivity index (χ3v) is 1.70. The van der Waals surface area contributed by atoms with Crippen LogP contribution in [-0.4, -0.2) is 14.6 Å². The Morgan fingerprint density at radius 1 is 1.36 bits per heavy atom. The van der Waals surface area contributed by atoms with Crippen molar-refractivity contribution in [1.82, 2.24) is 14.6 Å². The minimum absolute atomic E-state index is 0.163.